The van der Waals surface area contributed by atoms with Crippen molar-refractivity contribution in [3.8, 4) is 0 Å². The van der Waals surface area contributed by atoms with E-state index < -0.39 is 70.6 Å². The van der Waals surface area contributed by atoms with E-state index in [0.29, 0.717) is 12.3 Å². The summed E-state index contributed by atoms with van der Waals surface area (Å²) in [7, 11) is -16.3. The molecule has 0 saturated carbocycles. The highest BCUT2D eigenvalue weighted by Crippen LogP contribution is 2.90. The Morgan fingerprint density at radius 1 is 1.14 bits per heavy atom. The van der Waals surface area contributed by atoms with Gasteiger partial charge in [0.15, 0.2) is 28.4 Å². The number of aromatic nitrogens is 4. The molecule has 6 atom stereocenters. The second-order valence-corrected chi connectivity index (χ2v) is 19.5. The van der Waals surface area contributed by atoms with Gasteiger partial charge in [-0.25, -0.2) is 28.1 Å². The van der Waals surface area contributed by atoms with Gasteiger partial charge in [-0.2, -0.15) is 24.9 Å². The molecule has 2 saturated heterocycles. The molecule has 43 heavy (non-hydrogen) atoms. The predicted octanol–water partition coefficient (Wildman–Crippen LogP) is 3.90. The van der Waals surface area contributed by atoms with Gasteiger partial charge in [0.25, 0.3) is 0 Å². The molecule has 5 N–H and O–H groups in total. The Morgan fingerprint density at radius 2 is 1.79 bits per heavy atom. The van der Waals surface area contributed by atoms with Gasteiger partial charge < -0.3 is 30.1 Å². The van der Waals surface area contributed by atoms with Crippen molar-refractivity contribution in [3.63, 3.8) is 0 Å². The van der Waals surface area contributed by atoms with Gasteiger partial charge in [0, 0.05) is 18.1 Å². The summed E-state index contributed by atoms with van der Waals surface area (Å²) >= 11 is 13.1. The molecule has 2 aliphatic heterocycles. The minimum Gasteiger partial charge on any atom is -0.387 e. The number of alkyl halides is 5. The summed E-state index contributed by atoms with van der Waals surface area (Å²) in [6.45, 7) is -0.557. The molecule has 0 aliphatic carbocycles. The number of rotatable bonds is 11. The zero-order valence-electron chi connectivity index (χ0n) is 21.4. The molecule has 0 aromatic carbocycles. The molecule has 244 valence electrons. The number of hydrogen-bond acceptors (Lipinski definition) is 15. The number of aliphatic hydroxyl groups excluding tert-OH is 2. The van der Waals surface area contributed by atoms with Gasteiger partial charge in [-0.3, -0.25) is 18.2 Å². The van der Waals surface area contributed by atoms with Crippen molar-refractivity contribution in [3.05, 3.63) is 6.33 Å². The number of nitrogens with one attached hydrogen (secondary N) is 1. The summed E-state index contributed by atoms with van der Waals surface area (Å²) in [4.78, 5) is 32.4. The van der Waals surface area contributed by atoms with Crippen LogP contribution in [0.15, 0.2) is 11.5 Å². The van der Waals surface area contributed by atoms with Crippen LogP contribution in [-0.4, -0.2) is 98.7 Å². The first-order chi connectivity index (χ1) is 19.8. The maximum Gasteiger partial charge on any atom is 0.489 e. The zero-order chi connectivity index (χ0) is 32.0. The molecule has 2 fully saturated rings. The summed E-state index contributed by atoms with van der Waals surface area (Å²) in [6.07, 6.45) is -8.96. The van der Waals surface area contributed by atoms with E-state index in [-0.39, 0.29) is 27.9 Å². The zero-order valence-corrected chi connectivity index (χ0v) is 27.2. The average molecular weight is 758 g/mol. The van der Waals surface area contributed by atoms with Crippen LogP contribution < -0.4 is 5.32 Å². The molecule has 0 amide bonds. The highest BCUT2D eigenvalue weighted by molar-refractivity contribution is 7.99. The third kappa shape index (κ3) is 7.68. The lowest BCUT2D eigenvalue weighted by atomic mass is 10.1. The van der Waals surface area contributed by atoms with E-state index in [4.69, 9.17) is 32.5 Å². The molecule has 2 aliphatic rings. The van der Waals surface area contributed by atoms with Crippen molar-refractivity contribution in [1.82, 2.24) is 19.5 Å². The normalized spacial score (nSPS) is 34.6. The molecule has 16 nitrogen and oxygen atoms in total. The summed E-state index contributed by atoms with van der Waals surface area (Å²) in [5.41, 5.74) is 0.187. The van der Waals surface area contributed by atoms with Crippen molar-refractivity contribution in [2.24, 2.45) is 0 Å². The van der Waals surface area contributed by atoms with Crippen LogP contribution in [-0.2, 0) is 31.6 Å². The molecule has 0 spiro atoms. The lowest BCUT2D eigenvalue weighted by Gasteiger charge is -2.35. The van der Waals surface area contributed by atoms with E-state index in [9.17, 15) is 46.9 Å². The smallest absolute Gasteiger partial charge is 0.387 e. The van der Waals surface area contributed by atoms with Crippen molar-refractivity contribution >= 4 is 86.7 Å². The summed E-state index contributed by atoms with van der Waals surface area (Å²) in [6, 6.07) is 0. The molecule has 2 aromatic rings. The number of aliphatic hydroxyl groups is 2. The Bertz CT molecular complexity index is 1460. The fraction of sp³-hybridized carbons (Fsp3) is 0.706. The Labute approximate surface area is 259 Å². The van der Waals surface area contributed by atoms with Crippen LogP contribution in [0.5, 0.6) is 0 Å². The maximum absolute atomic E-state index is 12.8. The highest BCUT2D eigenvalue weighted by atomic mass is 35.5. The second kappa shape index (κ2) is 13.1. The van der Waals surface area contributed by atoms with Crippen molar-refractivity contribution in [1.29, 1.82) is 0 Å². The predicted molar refractivity (Wildman–Crippen MR) is 149 cm³/mol. The number of imidazole rings is 1. The van der Waals surface area contributed by atoms with Crippen LogP contribution in [0.4, 0.5) is 19.0 Å². The van der Waals surface area contributed by atoms with Gasteiger partial charge >= 0.3 is 33.0 Å². The molecule has 0 radical (unpaired) electrons. The van der Waals surface area contributed by atoms with Crippen molar-refractivity contribution in [2.75, 3.05) is 36.2 Å². The van der Waals surface area contributed by atoms with E-state index in [2.05, 4.69) is 28.9 Å². The van der Waals surface area contributed by atoms with Gasteiger partial charge in [0.1, 0.15) is 18.3 Å². The lowest BCUT2D eigenvalue weighted by molar-refractivity contribution is -0.129. The summed E-state index contributed by atoms with van der Waals surface area (Å²) in [5.74, 6) is 0.475. The van der Waals surface area contributed by atoms with E-state index in [1.165, 1.54) is 22.7 Å². The summed E-state index contributed by atoms with van der Waals surface area (Å²) in [5, 5.41) is 24.3. The Morgan fingerprint density at radius 3 is 2.40 bits per heavy atom. The van der Waals surface area contributed by atoms with Gasteiger partial charge in [-0.05, 0) is 6.26 Å². The fourth-order valence-corrected chi connectivity index (χ4v) is 11.9. The Balaban J connectivity index is 1.56. The monoisotopic (exact) mass is 757 g/mol. The van der Waals surface area contributed by atoms with Crippen LogP contribution >= 0.6 is 69.7 Å². The third-order valence-electron chi connectivity index (χ3n) is 5.73. The maximum atomic E-state index is 12.8. The number of phosphoric acid groups is 1. The molecular formula is C17H23Cl2F3N5O11P3S2. The van der Waals surface area contributed by atoms with Gasteiger partial charge in [-0.1, -0.05) is 35.0 Å². The van der Waals surface area contributed by atoms with Crippen LogP contribution in [0.25, 0.3) is 11.2 Å². The third-order valence-corrected chi connectivity index (χ3v) is 16.5. The molecule has 4 rings (SSSR count). The van der Waals surface area contributed by atoms with E-state index >= 15 is 0 Å². The van der Waals surface area contributed by atoms with Crippen LogP contribution in [0, 0.1) is 0 Å². The number of ether oxygens (including phenoxy) is 1. The number of thioether (sulfide) groups is 2. The molecule has 2 aromatic heterocycles. The highest BCUT2D eigenvalue weighted by Gasteiger charge is 2.70. The minimum atomic E-state index is -5.48. The SMILES string of the molecule is CSCCNc1nc(SCCC(F)(F)F)nc2c1ncn2C1OC(COP2(=O)OP(=O)(O)C(Cl)(Cl)P(=O)(O)O2)C(O)C1O. The van der Waals surface area contributed by atoms with E-state index in [1.54, 1.807) is 0 Å². The molecule has 6 unspecified atom stereocenters. The number of nitrogens with zero attached hydrogens (tertiary/aromatic N) is 4. The summed E-state index contributed by atoms with van der Waals surface area (Å²) < 4.78 is 92.2. The van der Waals surface area contributed by atoms with Gasteiger partial charge in [-0.15, -0.1) is 0 Å². The lowest BCUT2D eigenvalue weighted by Crippen LogP contribution is -2.34. The Hall–Kier alpha value is -0.210. The standard InChI is InChI=1S/C17H23Cl2F3N5O11P3S2/c1-42-5-3-23-12-9-13(26-15(25-12)43-4-2-16(20,21)22)27(7-24-9)14-11(29)10(28)8(36-14)6-35-41(34)37-39(30,31)17(18,19)40(32,33)38-41/h7-8,10-11,14,28-29H,2-6H2,1H3,(H,30,31)(H,32,33)(H,23,25,26). The first-order valence-electron chi connectivity index (χ1n) is 11.7. The molecule has 26 heteroatoms. The van der Waals surface area contributed by atoms with E-state index in [1.807, 2.05) is 6.26 Å². The number of hydrogen-bond donors (Lipinski definition) is 5. The van der Waals surface area contributed by atoms with Crippen molar-refractivity contribution < 1.29 is 64.7 Å². The number of halogens is 5. The average Bonchev–Trinajstić information content (AvgIpc) is 3.41. The Kier molecular flexibility index (Phi) is 10.9. The molecule has 4 heterocycles. The first kappa shape index (κ1) is 35.6. The fourth-order valence-electron chi connectivity index (χ4n) is 3.65. The largest absolute Gasteiger partial charge is 0.489 e. The molecule has 0 bridgehead atoms. The second-order valence-electron chi connectivity index (χ2n) is 8.81. The van der Waals surface area contributed by atoms with Crippen molar-refractivity contribution in [2.45, 2.75) is 46.1 Å². The minimum absolute atomic E-state index is 0.0173. The van der Waals surface area contributed by atoms with Crippen LogP contribution in [0.2, 0.25) is 0 Å². The number of anilines is 1. The van der Waals surface area contributed by atoms with Gasteiger partial charge in [0.2, 0.25) is 0 Å². The first-order valence-corrected chi connectivity index (χ1v) is 19.5. The van der Waals surface area contributed by atoms with Gasteiger partial charge in [0.05, 0.1) is 19.4 Å². The van der Waals surface area contributed by atoms with Crippen LogP contribution in [0.3, 0.4) is 0 Å². The quantitative estimate of drug-likeness (QED) is 0.0720. The molecular weight excluding hydrogens is 735 g/mol. The topological polar surface area (TPSA) is 225 Å². The van der Waals surface area contributed by atoms with E-state index in [0.717, 1.165) is 11.8 Å². The number of fused-ring (bicyclic) bond motifs is 1. The van der Waals surface area contributed by atoms with Crippen LogP contribution in [0.1, 0.15) is 12.6 Å².